The molecule has 5 rings (SSSR count). The first-order valence-corrected chi connectivity index (χ1v) is 11.4. The van der Waals surface area contributed by atoms with Gasteiger partial charge in [-0.05, 0) is 53.1 Å². The number of hydrogen-bond acceptors (Lipinski definition) is 3. The van der Waals surface area contributed by atoms with E-state index in [1.54, 1.807) is 7.11 Å². The molecule has 0 bridgehead atoms. The van der Waals surface area contributed by atoms with Crippen LogP contribution in [0.5, 0.6) is 5.75 Å². The van der Waals surface area contributed by atoms with Crippen molar-refractivity contribution < 1.29 is 9.53 Å². The Morgan fingerprint density at radius 1 is 0.882 bits per heavy atom. The van der Waals surface area contributed by atoms with Gasteiger partial charge in [0.15, 0.2) is 0 Å². The van der Waals surface area contributed by atoms with Gasteiger partial charge in [0.2, 0.25) is 5.91 Å². The van der Waals surface area contributed by atoms with Crippen molar-refractivity contribution in [2.75, 3.05) is 7.11 Å². The Bertz CT molecular complexity index is 1470. The summed E-state index contributed by atoms with van der Waals surface area (Å²) in [6.45, 7) is 1.94. The number of aryl methyl sites for hydroxylation is 1. The standard InChI is InChI=1S/C29H27N3O2/c1-19(21-13-14-23-18-24(34-3)16-15-22(23)17-21)29(33)31-27(20-9-5-4-6-10-20)28-30-25-11-7-8-12-26(25)32(28)2/h4-19,27H,1-3H3,(H,31,33)/t19-,27?/m0/s1. The SMILES string of the molecule is COc1ccc2cc([C@H](C)C(=O)NC(c3ccccc3)c3nc4ccccc4n3C)ccc2c1. The molecule has 1 amide bonds. The summed E-state index contributed by atoms with van der Waals surface area (Å²) in [5.41, 5.74) is 3.90. The Labute approximate surface area is 199 Å². The number of hydrogen-bond donors (Lipinski definition) is 1. The highest BCUT2D eigenvalue weighted by atomic mass is 16.5. The van der Waals surface area contributed by atoms with Gasteiger partial charge < -0.3 is 14.6 Å². The number of para-hydroxylation sites is 2. The summed E-state index contributed by atoms with van der Waals surface area (Å²) in [5.74, 6) is 1.25. The van der Waals surface area contributed by atoms with Gasteiger partial charge in [-0.3, -0.25) is 4.79 Å². The lowest BCUT2D eigenvalue weighted by molar-refractivity contribution is -0.122. The Balaban J connectivity index is 1.48. The molecular weight excluding hydrogens is 422 g/mol. The van der Waals surface area contributed by atoms with E-state index in [1.807, 2.05) is 98.9 Å². The normalized spacial score (nSPS) is 13.0. The van der Waals surface area contributed by atoms with E-state index in [4.69, 9.17) is 9.72 Å². The van der Waals surface area contributed by atoms with Gasteiger partial charge in [0.1, 0.15) is 17.6 Å². The molecule has 5 nitrogen and oxygen atoms in total. The minimum atomic E-state index is -0.363. The number of fused-ring (bicyclic) bond motifs is 2. The molecule has 0 radical (unpaired) electrons. The summed E-state index contributed by atoms with van der Waals surface area (Å²) in [7, 11) is 3.66. The van der Waals surface area contributed by atoms with Crippen molar-refractivity contribution in [2.45, 2.75) is 18.9 Å². The second-order valence-electron chi connectivity index (χ2n) is 8.56. The number of methoxy groups -OCH3 is 1. The first-order chi connectivity index (χ1) is 16.5. The van der Waals surface area contributed by atoms with Crippen molar-refractivity contribution in [1.29, 1.82) is 0 Å². The molecule has 1 unspecified atom stereocenters. The van der Waals surface area contributed by atoms with Crippen LogP contribution < -0.4 is 10.1 Å². The zero-order chi connectivity index (χ0) is 23.7. The molecule has 0 saturated carbocycles. The van der Waals surface area contributed by atoms with Crippen LogP contribution in [0.2, 0.25) is 0 Å². The first-order valence-electron chi connectivity index (χ1n) is 11.4. The van der Waals surface area contributed by atoms with Crippen LogP contribution in [0.25, 0.3) is 21.8 Å². The smallest absolute Gasteiger partial charge is 0.228 e. The van der Waals surface area contributed by atoms with Gasteiger partial charge >= 0.3 is 0 Å². The van der Waals surface area contributed by atoms with Crippen LogP contribution in [0.4, 0.5) is 0 Å². The van der Waals surface area contributed by atoms with E-state index >= 15 is 0 Å². The Morgan fingerprint density at radius 3 is 2.35 bits per heavy atom. The second-order valence-corrected chi connectivity index (χ2v) is 8.56. The lowest BCUT2D eigenvalue weighted by Crippen LogP contribution is -2.34. The third-order valence-electron chi connectivity index (χ3n) is 6.46. The molecule has 0 aliphatic carbocycles. The van der Waals surface area contributed by atoms with E-state index in [0.717, 1.165) is 44.5 Å². The first kappa shape index (κ1) is 21.7. The van der Waals surface area contributed by atoms with Crippen molar-refractivity contribution in [1.82, 2.24) is 14.9 Å². The van der Waals surface area contributed by atoms with Crippen LogP contribution in [0, 0.1) is 0 Å². The average Bonchev–Trinajstić information content (AvgIpc) is 3.22. The van der Waals surface area contributed by atoms with Gasteiger partial charge in [0.05, 0.1) is 24.1 Å². The van der Waals surface area contributed by atoms with Crippen LogP contribution in [0.1, 0.15) is 35.8 Å². The molecule has 0 spiro atoms. The minimum Gasteiger partial charge on any atom is -0.497 e. The summed E-state index contributed by atoms with van der Waals surface area (Å²) in [6, 6.07) is 29.7. The van der Waals surface area contributed by atoms with Gasteiger partial charge in [-0.25, -0.2) is 4.98 Å². The zero-order valence-corrected chi connectivity index (χ0v) is 19.5. The van der Waals surface area contributed by atoms with Crippen LogP contribution in [-0.2, 0) is 11.8 Å². The lowest BCUT2D eigenvalue weighted by Gasteiger charge is -2.22. The molecule has 1 aromatic heterocycles. The molecule has 5 heteroatoms. The Kier molecular flexibility index (Phi) is 5.76. The number of rotatable bonds is 6. The molecule has 0 aliphatic rings. The van der Waals surface area contributed by atoms with Gasteiger partial charge in [0, 0.05) is 7.05 Å². The van der Waals surface area contributed by atoms with Crippen molar-refractivity contribution >= 4 is 27.7 Å². The topological polar surface area (TPSA) is 56.1 Å². The van der Waals surface area contributed by atoms with E-state index < -0.39 is 0 Å². The van der Waals surface area contributed by atoms with Crippen molar-refractivity contribution in [3.8, 4) is 5.75 Å². The maximum Gasteiger partial charge on any atom is 0.228 e. The summed E-state index contributed by atoms with van der Waals surface area (Å²) < 4.78 is 7.38. The number of carbonyl (C=O) groups is 1. The Morgan fingerprint density at radius 2 is 1.59 bits per heavy atom. The number of aromatic nitrogens is 2. The second kappa shape index (κ2) is 9.02. The molecule has 1 heterocycles. The average molecular weight is 450 g/mol. The third-order valence-corrected chi connectivity index (χ3v) is 6.46. The largest absolute Gasteiger partial charge is 0.497 e. The molecule has 2 atom stereocenters. The monoisotopic (exact) mass is 449 g/mol. The molecule has 0 saturated heterocycles. The van der Waals surface area contributed by atoms with Gasteiger partial charge in [0.25, 0.3) is 0 Å². The van der Waals surface area contributed by atoms with E-state index in [0.29, 0.717) is 0 Å². The van der Waals surface area contributed by atoms with E-state index in [2.05, 4.69) is 16.0 Å². The maximum absolute atomic E-state index is 13.5. The highest BCUT2D eigenvalue weighted by Crippen LogP contribution is 2.28. The predicted octanol–water partition coefficient (Wildman–Crippen LogP) is 5.74. The highest BCUT2D eigenvalue weighted by Gasteiger charge is 2.25. The molecule has 1 N–H and O–H groups in total. The lowest BCUT2D eigenvalue weighted by atomic mass is 9.96. The molecular formula is C29H27N3O2. The fourth-order valence-corrected chi connectivity index (χ4v) is 4.42. The maximum atomic E-state index is 13.5. The summed E-state index contributed by atoms with van der Waals surface area (Å²) in [5, 5.41) is 5.43. The number of ether oxygens (including phenoxy) is 1. The quantitative estimate of drug-likeness (QED) is 0.359. The number of benzene rings is 4. The highest BCUT2D eigenvalue weighted by molar-refractivity contribution is 5.88. The van der Waals surface area contributed by atoms with E-state index in [9.17, 15) is 4.79 Å². The molecule has 0 fully saturated rings. The molecule has 0 aliphatic heterocycles. The number of imidazole rings is 1. The van der Waals surface area contributed by atoms with Crippen LogP contribution in [0.15, 0.2) is 91.0 Å². The van der Waals surface area contributed by atoms with Crippen LogP contribution in [-0.4, -0.2) is 22.6 Å². The number of amides is 1. The van der Waals surface area contributed by atoms with Crippen LogP contribution in [0.3, 0.4) is 0 Å². The number of carbonyl (C=O) groups excluding carboxylic acids is 1. The third kappa shape index (κ3) is 4.01. The molecule has 34 heavy (non-hydrogen) atoms. The zero-order valence-electron chi connectivity index (χ0n) is 19.5. The van der Waals surface area contributed by atoms with Crippen molar-refractivity contribution in [3.05, 3.63) is 108 Å². The molecule has 170 valence electrons. The van der Waals surface area contributed by atoms with E-state index in [1.165, 1.54) is 0 Å². The van der Waals surface area contributed by atoms with Crippen LogP contribution >= 0.6 is 0 Å². The number of nitrogens with zero attached hydrogens (tertiary/aromatic N) is 2. The summed E-state index contributed by atoms with van der Waals surface area (Å²) in [6.07, 6.45) is 0. The molecule has 4 aromatic carbocycles. The van der Waals surface area contributed by atoms with Gasteiger partial charge in [-0.1, -0.05) is 66.7 Å². The van der Waals surface area contributed by atoms with E-state index in [-0.39, 0.29) is 17.9 Å². The number of nitrogens with one attached hydrogen (secondary N) is 1. The minimum absolute atomic E-state index is 0.0474. The molecule has 5 aromatic rings. The Hall–Kier alpha value is -4.12. The predicted molar refractivity (Wildman–Crippen MR) is 136 cm³/mol. The van der Waals surface area contributed by atoms with Gasteiger partial charge in [-0.2, -0.15) is 0 Å². The van der Waals surface area contributed by atoms with Gasteiger partial charge in [-0.15, -0.1) is 0 Å². The van der Waals surface area contributed by atoms with Crippen molar-refractivity contribution in [2.24, 2.45) is 7.05 Å². The summed E-state index contributed by atoms with van der Waals surface area (Å²) in [4.78, 5) is 18.4. The summed E-state index contributed by atoms with van der Waals surface area (Å²) >= 11 is 0. The fourth-order valence-electron chi connectivity index (χ4n) is 4.42. The fraction of sp³-hybridized carbons (Fsp3) is 0.172. The van der Waals surface area contributed by atoms with Crippen molar-refractivity contribution in [3.63, 3.8) is 0 Å².